The zero-order valence-electron chi connectivity index (χ0n) is 13.9. The SMILES string of the molecule is C/C(=N/NC(=O)CN1CCCc2ccccc21)c1cc(F)ccc1F. The molecule has 1 N–H and O–H groups in total. The maximum Gasteiger partial charge on any atom is 0.259 e. The van der Waals surface area contributed by atoms with Gasteiger partial charge in [0.2, 0.25) is 0 Å². The summed E-state index contributed by atoms with van der Waals surface area (Å²) in [6, 6.07) is 11.1. The van der Waals surface area contributed by atoms with Gasteiger partial charge in [-0.2, -0.15) is 5.10 Å². The topological polar surface area (TPSA) is 44.7 Å². The summed E-state index contributed by atoms with van der Waals surface area (Å²) in [6.07, 6.45) is 1.99. The van der Waals surface area contributed by atoms with Gasteiger partial charge in [-0.3, -0.25) is 4.79 Å². The van der Waals surface area contributed by atoms with Gasteiger partial charge in [0, 0.05) is 17.8 Å². The lowest BCUT2D eigenvalue weighted by Gasteiger charge is -2.30. The summed E-state index contributed by atoms with van der Waals surface area (Å²) in [6.45, 7) is 2.49. The number of nitrogens with zero attached hydrogens (tertiary/aromatic N) is 2. The highest BCUT2D eigenvalue weighted by Gasteiger charge is 2.18. The fourth-order valence-corrected chi connectivity index (χ4v) is 2.97. The third kappa shape index (κ3) is 4.02. The van der Waals surface area contributed by atoms with Crippen molar-refractivity contribution < 1.29 is 13.6 Å². The van der Waals surface area contributed by atoms with E-state index < -0.39 is 11.6 Å². The zero-order chi connectivity index (χ0) is 17.8. The van der Waals surface area contributed by atoms with Gasteiger partial charge in [0.15, 0.2) is 0 Å². The minimum absolute atomic E-state index is 0.0311. The van der Waals surface area contributed by atoms with Gasteiger partial charge in [0.1, 0.15) is 11.6 Å². The monoisotopic (exact) mass is 343 g/mol. The Morgan fingerprint density at radius 3 is 2.88 bits per heavy atom. The molecule has 0 unspecified atom stereocenters. The van der Waals surface area contributed by atoms with Crippen LogP contribution in [-0.4, -0.2) is 24.7 Å². The first-order valence-corrected chi connectivity index (χ1v) is 8.16. The second-order valence-electron chi connectivity index (χ2n) is 6.01. The molecule has 6 heteroatoms. The molecule has 1 heterocycles. The summed E-state index contributed by atoms with van der Waals surface area (Å²) in [5, 5.41) is 3.90. The molecule has 1 aliphatic rings. The van der Waals surface area contributed by atoms with E-state index in [0.717, 1.165) is 43.3 Å². The van der Waals surface area contributed by atoms with Crippen molar-refractivity contribution in [2.45, 2.75) is 19.8 Å². The lowest BCUT2D eigenvalue weighted by molar-refractivity contribution is -0.119. The Hall–Kier alpha value is -2.76. The molecule has 0 saturated carbocycles. The highest BCUT2D eigenvalue weighted by Crippen LogP contribution is 2.26. The van der Waals surface area contributed by atoms with E-state index in [1.54, 1.807) is 0 Å². The van der Waals surface area contributed by atoms with E-state index in [-0.39, 0.29) is 23.7 Å². The van der Waals surface area contributed by atoms with Crippen molar-refractivity contribution >= 4 is 17.3 Å². The number of carbonyl (C=O) groups excluding carboxylic acids is 1. The van der Waals surface area contributed by atoms with Crippen molar-refractivity contribution in [3.05, 3.63) is 65.2 Å². The molecule has 0 aromatic heterocycles. The highest BCUT2D eigenvalue weighted by atomic mass is 19.1. The number of halogens is 2. The van der Waals surface area contributed by atoms with Gasteiger partial charge in [0.05, 0.1) is 12.3 Å². The average molecular weight is 343 g/mol. The first kappa shape index (κ1) is 17.1. The number of para-hydroxylation sites is 1. The summed E-state index contributed by atoms with van der Waals surface area (Å²) in [5.74, 6) is -1.43. The van der Waals surface area contributed by atoms with Crippen LogP contribution in [0.25, 0.3) is 0 Å². The number of fused-ring (bicyclic) bond motifs is 1. The Morgan fingerprint density at radius 1 is 1.24 bits per heavy atom. The van der Waals surface area contributed by atoms with Crippen molar-refractivity contribution in [2.24, 2.45) is 5.10 Å². The first-order valence-electron chi connectivity index (χ1n) is 8.16. The molecule has 0 fully saturated rings. The predicted octanol–water partition coefficient (Wildman–Crippen LogP) is 3.26. The van der Waals surface area contributed by atoms with E-state index in [1.165, 1.54) is 12.5 Å². The highest BCUT2D eigenvalue weighted by molar-refractivity contribution is 5.99. The average Bonchev–Trinajstić information content (AvgIpc) is 2.62. The number of aryl methyl sites for hydroxylation is 1. The molecule has 2 aromatic carbocycles. The van der Waals surface area contributed by atoms with E-state index in [0.29, 0.717) is 0 Å². The van der Waals surface area contributed by atoms with Crippen LogP contribution in [0.2, 0.25) is 0 Å². The molecule has 0 bridgehead atoms. The molecule has 1 amide bonds. The van der Waals surface area contributed by atoms with Crippen LogP contribution in [0.15, 0.2) is 47.6 Å². The zero-order valence-corrected chi connectivity index (χ0v) is 13.9. The molecule has 0 radical (unpaired) electrons. The van der Waals surface area contributed by atoms with Crippen LogP contribution in [0.5, 0.6) is 0 Å². The lowest BCUT2D eigenvalue weighted by atomic mass is 10.0. The number of nitrogens with one attached hydrogen (secondary N) is 1. The Morgan fingerprint density at radius 2 is 2.04 bits per heavy atom. The van der Waals surface area contributed by atoms with Gasteiger partial charge in [-0.25, -0.2) is 14.2 Å². The van der Waals surface area contributed by atoms with Crippen LogP contribution in [-0.2, 0) is 11.2 Å². The summed E-state index contributed by atoms with van der Waals surface area (Å²) < 4.78 is 27.0. The van der Waals surface area contributed by atoms with Crippen LogP contribution >= 0.6 is 0 Å². The normalized spacial score (nSPS) is 14.2. The van der Waals surface area contributed by atoms with E-state index in [9.17, 15) is 13.6 Å². The Kier molecular flexibility index (Phi) is 5.07. The van der Waals surface area contributed by atoms with E-state index in [2.05, 4.69) is 16.6 Å². The fraction of sp³-hybridized carbons (Fsp3) is 0.263. The van der Waals surface area contributed by atoms with Crippen LogP contribution < -0.4 is 10.3 Å². The second-order valence-corrected chi connectivity index (χ2v) is 6.01. The number of anilines is 1. The predicted molar refractivity (Wildman–Crippen MR) is 93.7 cm³/mol. The van der Waals surface area contributed by atoms with E-state index in [4.69, 9.17) is 0 Å². The van der Waals surface area contributed by atoms with Crippen molar-refractivity contribution in [3.8, 4) is 0 Å². The maximum atomic E-state index is 13.7. The van der Waals surface area contributed by atoms with Gasteiger partial charge in [-0.15, -0.1) is 0 Å². The second kappa shape index (κ2) is 7.42. The van der Waals surface area contributed by atoms with Gasteiger partial charge in [0.25, 0.3) is 5.91 Å². The Labute approximate surface area is 145 Å². The lowest BCUT2D eigenvalue weighted by Crippen LogP contribution is -2.38. The fourth-order valence-electron chi connectivity index (χ4n) is 2.97. The van der Waals surface area contributed by atoms with Crippen molar-refractivity contribution in [1.29, 1.82) is 0 Å². The van der Waals surface area contributed by atoms with Gasteiger partial charge in [-0.05, 0) is 49.6 Å². The molecule has 130 valence electrons. The van der Waals surface area contributed by atoms with Crippen LogP contribution in [0.3, 0.4) is 0 Å². The molecule has 25 heavy (non-hydrogen) atoms. The molecule has 0 aliphatic carbocycles. The number of carbonyl (C=O) groups is 1. The number of amides is 1. The Bertz CT molecular complexity index is 820. The standard InChI is InChI=1S/C19H19F2N3O/c1-13(16-11-15(20)8-9-17(16)21)22-23-19(25)12-24-10-4-6-14-5-2-3-7-18(14)24/h2-3,5,7-9,11H,4,6,10,12H2,1H3,(H,23,25)/b22-13-. The van der Waals surface area contributed by atoms with Crippen LogP contribution in [0.4, 0.5) is 14.5 Å². The van der Waals surface area contributed by atoms with Gasteiger partial charge >= 0.3 is 0 Å². The molecule has 1 aliphatic heterocycles. The number of hydrazone groups is 1. The molecule has 0 spiro atoms. The van der Waals surface area contributed by atoms with Crippen molar-refractivity contribution in [2.75, 3.05) is 18.0 Å². The third-order valence-electron chi connectivity index (χ3n) is 4.21. The largest absolute Gasteiger partial charge is 0.362 e. The first-order chi connectivity index (χ1) is 12.0. The minimum atomic E-state index is -0.582. The molecule has 3 rings (SSSR count). The van der Waals surface area contributed by atoms with E-state index in [1.807, 2.05) is 23.1 Å². The van der Waals surface area contributed by atoms with E-state index >= 15 is 0 Å². The van der Waals surface area contributed by atoms with Crippen LogP contribution in [0.1, 0.15) is 24.5 Å². The van der Waals surface area contributed by atoms with Gasteiger partial charge in [-0.1, -0.05) is 18.2 Å². The van der Waals surface area contributed by atoms with Gasteiger partial charge < -0.3 is 4.90 Å². The quantitative estimate of drug-likeness (QED) is 0.684. The molecule has 0 atom stereocenters. The molecular formula is C19H19F2N3O. The number of benzene rings is 2. The van der Waals surface area contributed by atoms with Crippen molar-refractivity contribution in [1.82, 2.24) is 5.43 Å². The summed E-state index contributed by atoms with van der Waals surface area (Å²) in [7, 11) is 0. The molecular weight excluding hydrogens is 324 g/mol. The third-order valence-corrected chi connectivity index (χ3v) is 4.21. The smallest absolute Gasteiger partial charge is 0.259 e. The number of rotatable bonds is 4. The molecule has 0 saturated heterocycles. The summed E-state index contributed by atoms with van der Waals surface area (Å²) in [5.41, 5.74) is 4.95. The molecule has 2 aromatic rings. The number of hydrogen-bond acceptors (Lipinski definition) is 3. The van der Waals surface area contributed by atoms with Crippen molar-refractivity contribution in [3.63, 3.8) is 0 Å². The minimum Gasteiger partial charge on any atom is -0.362 e. The Balaban J connectivity index is 1.66. The maximum absolute atomic E-state index is 13.7. The summed E-state index contributed by atoms with van der Waals surface area (Å²) in [4.78, 5) is 14.2. The molecule has 4 nitrogen and oxygen atoms in total. The summed E-state index contributed by atoms with van der Waals surface area (Å²) >= 11 is 0. The van der Waals surface area contributed by atoms with Crippen LogP contribution in [0, 0.1) is 11.6 Å². The number of hydrogen-bond donors (Lipinski definition) is 1.